The Morgan fingerprint density at radius 3 is 1.95 bits per heavy atom. The Labute approximate surface area is 129 Å². The summed E-state index contributed by atoms with van der Waals surface area (Å²) >= 11 is 0. The van der Waals surface area contributed by atoms with Crippen molar-refractivity contribution in [3.05, 3.63) is 35.4 Å². The van der Waals surface area contributed by atoms with Gasteiger partial charge in [0, 0.05) is 11.1 Å². The van der Waals surface area contributed by atoms with Gasteiger partial charge < -0.3 is 27.5 Å². The van der Waals surface area contributed by atoms with Gasteiger partial charge in [0.1, 0.15) is 17.3 Å². The van der Waals surface area contributed by atoms with E-state index >= 15 is 0 Å². The molecule has 126 valence electrons. The van der Waals surface area contributed by atoms with Crippen LogP contribution in [0.15, 0.2) is 24.3 Å². The Balaban J connectivity index is 0.000000763. The molecule has 1 rings (SSSR count). The molecule has 2 N–H and O–H groups in total. The van der Waals surface area contributed by atoms with Gasteiger partial charge in [0.15, 0.2) is 5.78 Å². The summed E-state index contributed by atoms with van der Waals surface area (Å²) in [4.78, 5) is 11.5. The number of aliphatic hydroxyl groups excluding tert-OH is 2. The van der Waals surface area contributed by atoms with E-state index < -0.39 is 7.25 Å². The number of benzene rings is 1. The smallest absolute Gasteiger partial charge is 0.418 e. The van der Waals surface area contributed by atoms with E-state index in [2.05, 4.69) is 0 Å². The van der Waals surface area contributed by atoms with Crippen LogP contribution in [0.4, 0.5) is 17.3 Å². The lowest BCUT2D eigenvalue weighted by atomic mass is 10.1. The lowest BCUT2D eigenvalue weighted by Gasteiger charge is -2.09. The highest BCUT2D eigenvalue weighted by Gasteiger charge is 2.21. The van der Waals surface area contributed by atoms with Gasteiger partial charge in [0.05, 0.1) is 13.2 Å². The number of hydrogen-bond acceptors (Lipinski definition) is 3. The minimum Gasteiger partial charge on any atom is -0.418 e. The normalized spacial score (nSPS) is 11.1. The first kappa shape index (κ1) is 20.9. The summed E-state index contributed by atoms with van der Waals surface area (Å²) in [6.07, 6.45) is 0. The average Bonchev–Trinajstić information content (AvgIpc) is 2.37. The number of aliphatic hydroxyl groups is 2. The second kappa shape index (κ2) is 10.6. The van der Waals surface area contributed by atoms with Gasteiger partial charge in [-0.25, -0.2) is 0 Å². The van der Waals surface area contributed by atoms with Crippen LogP contribution in [0.5, 0.6) is 0 Å². The van der Waals surface area contributed by atoms with E-state index in [4.69, 9.17) is 10.2 Å². The third kappa shape index (κ3) is 10.6. The van der Waals surface area contributed by atoms with Crippen molar-refractivity contribution in [3.63, 3.8) is 0 Å². The molecule has 1 aromatic rings. The quantitative estimate of drug-likeness (QED) is 0.346. The summed E-state index contributed by atoms with van der Waals surface area (Å²) in [6.45, 7) is 1.83. The van der Waals surface area contributed by atoms with Crippen molar-refractivity contribution in [1.29, 1.82) is 0 Å². The van der Waals surface area contributed by atoms with Gasteiger partial charge in [0.2, 0.25) is 0 Å². The zero-order chi connectivity index (χ0) is 17.2. The van der Waals surface area contributed by atoms with E-state index in [9.17, 15) is 22.1 Å². The lowest BCUT2D eigenvalue weighted by Crippen LogP contribution is -2.20. The van der Waals surface area contributed by atoms with Gasteiger partial charge >= 0.3 is 7.25 Å². The van der Waals surface area contributed by atoms with Crippen molar-refractivity contribution in [1.82, 2.24) is 0 Å². The predicted octanol–water partition coefficient (Wildman–Crippen LogP) is 2.29. The van der Waals surface area contributed by atoms with E-state index in [0.29, 0.717) is 11.5 Å². The minimum atomic E-state index is -6.00. The Hall–Kier alpha value is -1.06. The molecule has 9 heteroatoms. The number of rotatable bonds is 7. The molecule has 0 amide bonds. The Bertz CT molecular complexity index is 445. The van der Waals surface area contributed by atoms with Crippen LogP contribution in [0.25, 0.3) is 0 Å². The Morgan fingerprint density at radius 2 is 1.55 bits per heavy atom. The van der Waals surface area contributed by atoms with Crippen LogP contribution in [0, 0.1) is 0 Å². The zero-order valence-corrected chi connectivity index (χ0v) is 13.0. The molecular weight excluding hydrogens is 323 g/mol. The molecule has 3 nitrogen and oxygen atoms in total. The molecule has 0 aliphatic rings. The molecule has 0 unspecified atom stereocenters. The van der Waals surface area contributed by atoms with E-state index in [0.717, 1.165) is 16.9 Å². The fraction of sp³-hybridized carbons (Fsp3) is 0.462. The topological polar surface area (TPSA) is 57.5 Å². The largest absolute Gasteiger partial charge is 0.673 e. The van der Waals surface area contributed by atoms with Crippen LogP contribution in [0.3, 0.4) is 0 Å². The molecule has 0 saturated heterocycles. The Morgan fingerprint density at radius 1 is 1.09 bits per heavy atom. The highest BCUT2D eigenvalue weighted by atomic mass is 32.2. The lowest BCUT2D eigenvalue weighted by molar-refractivity contribution is 0.101. The fourth-order valence-corrected chi connectivity index (χ4v) is 3.41. The van der Waals surface area contributed by atoms with E-state index in [1.807, 2.05) is 24.3 Å². The van der Waals surface area contributed by atoms with Crippen LogP contribution in [0.2, 0.25) is 0 Å². The first-order chi connectivity index (χ1) is 10.2. The Kier molecular flexibility index (Phi) is 10.1. The average molecular weight is 342 g/mol. The maximum Gasteiger partial charge on any atom is 0.673 e. The maximum absolute atomic E-state index is 11.5. The number of ketones is 1. The number of halogens is 4. The molecular formula is C13H19BF4O3S. The third-order valence-electron chi connectivity index (χ3n) is 2.52. The van der Waals surface area contributed by atoms with Crippen molar-refractivity contribution in [2.75, 3.05) is 24.7 Å². The molecule has 0 aromatic heterocycles. The number of hydrogen-bond donors (Lipinski definition) is 2. The monoisotopic (exact) mass is 342 g/mol. The molecule has 0 atom stereocenters. The summed E-state index contributed by atoms with van der Waals surface area (Å²) < 4.78 is 39.0. The first-order valence-corrected chi connectivity index (χ1v) is 8.24. The number of carbonyl (C=O) groups is 1. The molecule has 0 heterocycles. The predicted molar refractivity (Wildman–Crippen MR) is 81.6 cm³/mol. The van der Waals surface area contributed by atoms with Crippen LogP contribution in [0.1, 0.15) is 22.8 Å². The van der Waals surface area contributed by atoms with Crippen molar-refractivity contribution < 1.29 is 32.3 Å². The summed E-state index contributed by atoms with van der Waals surface area (Å²) in [5, 5.41) is 18.0. The van der Waals surface area contributed by atoms with Crippen LogP contribution >= 0.6 is 0 Å². The summed E-state index contributed by atoms with van der Waals surface area (Å²) in [6, 6.07) is 7.56. The van der Waals surface area contributed by atoms with Gasteiger partial charge in [-0.05, 0) is 17.8 Å². The van der Waals surface area contributed by atoms with Gasteiger partial charge in [-0.3, -0.25) is 4.79 Å². The molecule has 0 aliphatic carbocycles. The zero-order valence-electron chi connectivity index (χ0n) is 12.1. The SMILES string of the molecule is CC(=O)c1ccccc1C[S+](CCO)CCO.F[B-](F)(F)F. The molecule has 22 heavy (non-hydrogen) atoms. The van der Waals surface area contributed by atoms with E-state index in [-0.39, 0.29) is 29.9 Å². The number of carbonyl (C=O) groups excluding carboxylic acids is 1. The van der Waals surface area contributed by atoms with Crippen LogP contribution < -0.4 is 0 Å². The molecule has 0 radical (unpaired) electrons. The van der Waals surface area contributed by atoms with Gasteiger partial charge in [-0.2, -0.15) is 0 Å². The van der Waals surface area contributed by atoms with Crippen molar-refractivity contribution in [2.45, 2.75) is 12.7 Å². The molecule has 0 bridgehead atoms. The maximum atomic E-state index is 11.5. The molecule has 0 saturated carbocycles. The third-order valence-corrected chi connectivity index (χ3v) is 4.76. The molecule has 0 spiro atoms. The van der Waals surface area contributed by atoms with E-state index in [1.165, 1.54) is 0 Å². The van der Waals surface area contributed by atoms with Crippen LogP contribution in [-0.4, -0.2) is 48.0 Å². The van der Waals surface area contributed by atoms with Gasteiger partial charge in [0.25, 0.3) is 0 Å². The second-order valence-corrected chi connectivity index (χ2v) is 6.65. The summed E-state index contributed by atoms with van der Waals surface area (Å²) in [5.74, 6) is 2.20. The van der Waals surface area contributed by atoms with Crippen molar-refractivity contribution in [3.8, 4) is 0 Å². The first-order valence-electron chi connectivity index (χ1n) is 6.51. The highest BCUT2D eigenvalue weighted by Crippen LogP contribution is 2.15. The number of Topliss-reactive ketones (excluding diaryl/α,β-unsaturated/α-hetero) is 1. The highest BCUT2D eigenvalue weighted by molar-refractivity contribution is 7.96. The van der Waals surface area contributed by atoms with Gasteiger partial charge in [-0.1, -0.05) is 24.3 Å². The van der Waals surface area contributed by atoms with Crippen molar-refractivity contribution in [2.24, 2.45) is 0 Å². The molecule has 0 fully saturated rings. The second-order valence-electron chi connectivity index (χ2n) is 4.32. The van der Waals surface area contributed by atoms with Crippen LogP contribution in [-0.2, 0) is 16.6 Å². The standard InChI is InChI=1S/C13H19O3S.BF4/c1-11(16)13-5-3-2-4-12(13)10-17(8-6-14)9-7-15;2-1(3,4)5/h2-5,14-15H,6-10H2,1H3;/q+1;-1. The van der Waals surface area contributed by atoms with Crippen molar-refractivity contribution >= 4 is 23.9 Å². The summed E-state index contributed by atoms with van der Waals surface area (Å²) in [7, 11) is -6.05. The summed E-state index contributed by atoms with van der Waals surface area (Å²) in [5.41, 5.74) is 1.77. The fourth-order valence-electron chi connectivity index (χ4n) is 1.71. The molecule has 0 aliphatic heterocycles. The molecule has 1 aromatic carbocycles. The van der Waals surface area contributed by atoms with Gasteiger partial charge in [-0.15, -0.1) is 0 Å². The van der Waals surface area contributed by atoms with E-state index in [1.54, 1.807) is 6.92 Å². The minimum absolute atomic E-state index is 0.0545.